The topological polar surface area (TPSA) is 0 Å². The number of hydrogen-bond donors (Lipinski definition) is 0. The highest BCUT2D eigenvalue weighted by Crippen LogP contribution is 2.54. The summed E-state index contributed by atoms with van der Waals surface area (Å²) in [5, 5.41) is 0. The summed E-state index contributed by atoms with van der Waals surface area (Å²) in [6, 6.07) is 17.8. The zero-order valence-electron chi connectivity index (χ0n) is 12.6. The average Bonchev–Trinajstić information content (AvgIpc) is 3.30. The number of benzene rings is 2. The minimum Gasteiger partial charge on any atom is -0.0696 e. The van der Waals surface area contributed by atoms with Crippen molar-refractivity contribution in [3.8, 4) is 11.1 Å². The van der Waals surface area contributed by atoms with Crippen LogP contribution < -0.4 is 0 Å². The van der Waals surface area contributed by atoms with Crippen molar-refractivity contribution >= 4 is 5.57 Å². The molecule has 0 radical (unpaired) electrons. The van der Waals surface area contributed by atoms with E-state index in [4.69, 9.17) is 0 Å². The zero-order chi connectivity index (χ0) is 14.4. The monoisotopic (exact) mass is 272 g/mol. The first-order valence-corrected chi connectivity index (χ1v) is 7.78. The van der Waals surface area contributed by atoms with Crippen molar-refractivity contribution < 1.29 is 0 Å². The van der Waals surface area contributed by atoms with Gasteiger partial charge in [0.1, 0.15) is 0 Å². The Hall–Kier alpha value is -2.08. The maximum atomic E-state index is 2.32. The first kappa shape index (κ1) is 12.6. The van der Waals surface area contributed by atoms with Gasteiger partial charge in [-0.1, -0.05) is 71.8 Å². The third kappa shape index (κ3) is 2.25. The summed E-state index contributed by atoms with van der Waals surface area (Å²) >= 11 is 0. The summed E-state index contributed by atoms with van der Waals surface area (Å²) < 4.78 is 0. The van der Waals surface area contributed by atoms with Gasteiger partial charge in [0.15, 0.2) is 0 Å². The second-order valence-corrected chi connectivity index (χ2v) is 6.42. The second kappa shape index (κ2) is 4.73. The Morgan fingerprint density at radius 1 is 0.667 bits per heavy atom. The molecule has 2 aromatic carbocycles. The second-order valence-electron chi connectivity index (χ2n) is 6.42. The maximum Gasteiger partial charge on any atom is -0.00843 e. The van der Waals surface area contributed by atoms with E-state index in [0.29, 0.717) is 0 Å². The van der Waals surface area contributed by atoms with Crippen molar-refractivity contribution in [3.63, 3.8) is 0 Å². The van der Waals surface area contributed by atoms with Gasteiger partial charge in [0.2, 0.25) is 0 Å². The first-order valence-electron chi connectivity index (χ1n) is 7.78. The lowest BCUT2D eigenvalue weighted by Crippen LogP contribution is -1.95. The van der Waals surface area contributed by atoms with Crippen molar-refractivity contribution in [2.75, 3.05) is 0 Å². The highest BCUT2D eigenvalue weighted by Gasteiger charge is 2.42. The molecule has 2 aromatic rings. The predicted molar refractivity (Wildman–Crippen MR) is 89.9 cm³/mol. The Balaban J connectivity index is 1.64. The molecule has 4 rings (SSSR count). The molecule has 0 N–H and O–H groups in total. The molecular formula is C21H20. The molecular weight excluding hydrogens is 252 g/mol. The van der Waals surface area contributed by atoms with Gasteiger partial charge in [-0.2, -0.15) is 0 Å². The molecule has 21 heavy (non-hydrogen) atoms. The van der Waals surface area contributed by atoms with Gasteiger partial charge in [-0.05, 0) is 54.4 Å². The number of rotatable bonds is 2. The summed E-state index contributed by atoms with van der Waals surface area (Å²) in [6.07, 6.45) is 5.97. The van der Waals surface area contributed by atoms with E-state index >= 15 is 0 Å². The lowest BCUT2D eigenvalue weighted by molar-refractivity contribution is 0.923. The molecule has 0 aliphatic heterocycles. The van der Waals surface area contributed by atoms with Crippen molar-refractivity contribution in [2.24, 2.45) is 11.8 Å². The molecule has 0 saturated heterocycles. The van der Waals surface area contributed by atoms with E-state index in [1.165, 1.54) is 34.2 Å². The zero-order valence-corrected chi connectivity index (χ0v) is 12.6. The van der Waals surface area contributed by atoms with Gasteiger partial charge in [-0.15, -0.1) is 0 Å². The molecule has 0 nitrogen and oxygen atoms in total. The average molecular weight is 272 g/mol. The number of hydrogen-bond acceptors (Lipinski definition) is 0. The molecule has 0 amide bonds. The van der Waals surface area contributed by atoms with Crippen molar-refractivity contribution in [3.05, 3.63) is 77.4 Å². The Bertz CT molecular complexity index is 727. The van der Waals surface area contributed by atoms with Crippen LogP contribution in [0.4, 0.5) is 0 Å². The lowest BCUT2D eigenvalue weighted by atomic mass is 9.92. The molecule has 1 saturated carbocycles. The fourth-order valence-corrected chi connectivity index (χ4v) is 3.42. The van der Waals surface area contributed by atoms with Gasteiger partial charge in [0, 0.05) is 0 Å². The minimum absolute atomic E-state index is 0.778. The highest BCUT2D eigenvalue weighted by atomic mass is 14.5. The van der Waals surface area contributed by atoms with E-state index in [1.807, 2.05) is 0 Å². The molecule has 0 spiro atoms. The number of allylic oxidation sites excluding steroid dienone is 4. The van der Waals surface area contributed by atoms with Crippen LogP contribution in [0.2, 0.25) is 0 Å². The number of aryl methyl sites for hydroxylation is 1. The van der Waals surface area contributed by atoms with Crippen LogP contribution in [0.25, 0.3) is 16.7 Å². The van der Waals surface area contributed by atoms with Crippen LogP contribution in [0.15, 0.2) is 66.3 Å². The smallest absolute Gasteiger partial charge is 0.00843 e. The molecule has 1 fully saturated rings. The van der Waals surface area contributed by atoms with E-state index < -0.39 is 0 Å². The molecule has 0 heteroatoms. The van der Waals surface area contributed by atoms with Gasteiger partial charge in [-0.3, -0.25) is 0 Å². The van der Waals surface area contributed by atoms with E-state index in [0.717, 1.165) is 11.8 Å². The first-order chi connectivity index (χ1) is 10.2. The molecule has 2 atom stereocenters. The number of fused-ring (bicyclic) bond motifs is 1. The van der Waals surface area contributed by atoms with E-state index in [2.05, 4.69) is 74.5 Å². The highest BCUT2D eigenvalue weighted by molar-refractivity contribution is 5.76. The fraction of sp³-hybridized carbons (Fsp3) is 0.238. The van der Waals surface area contributed by atoms with Gasteiger partial charge in [-0.25, -0.2) is 0 Å². The Kier molecular flexibility index (Phi) is 2.85. The van der Waals surface area contributed by atoms with Gasteiger partial charge in [0.25, 0.3) is 0 Å². The molecule has 0 bridgehead atoms. The van der Waals surface area contributed by atoms with Crippen LogP contribution in [0.1, 0.15) is 24.5 Å². The molecule has 2 aliphatic carbocycles. The third-order valence-electron chi connectivity index (χ3n) is 4.90. The van der Waals surface area contributed by atoms with Gasteiger partial charge < -0.3 is 0 Å². The quantitative estimate of drug-likeness (QED) is 0.663. The summed E-state index contributed by atoms with van der Waals surface area (Å²) in [7, 11) is 0. The van der Waals surface area contributed by atoms with Crippen LogP contribution in [-0.2, 0) is 0 Å². The minimum atomic E-state index is 0.778. The summed E-state index contributed by atoms with van der Waals surface area (Å²) in [6.45, 7) is 4.39. The SMILES string of the molecule is CC1=CC=C(c2ccc(-c3ccc(C)cc3)cc2)C2CC12. The molecule has 0 heterocycles. The van der Waals surface area contributed by atoms with Crippen LogP contribution >= 0.6 is 0 Å². The van der Waals surface area contributed by atoms with Crippen molar-refractivity contribution in [1.82, 2.24) is 0 Å². The molecule has 2 unspecified atom stereocenters. The molecule has 2 aliphatic rings. The van der Waals surface area contributed by atoms with Crippen molar-refractivity contribution in [2.45, 2.75) is 20.3 Å². The van der Waals surface area contributed by atoms with Crippen LogP contribution in [0, 0.1) is 18.8 Å². The normalized spacial score (nSPS) is 23.1. The Labute approximate surface area is 126 Å². The van der Waals surface area contributed by atoms with E-state index in [9.17, 15) is 0 Å². The van der Waals surface area contributed by atoms with Crippen LogP contribution in [0.3, 0.4) is 0 Å². The Morgan fingerprint density at radius 2 is 1.24 bits per heavy atom. The molecule has 104 valence electrons. The fourth-order valence-electron chi connectivity index (χ4n) is 3.42. The maximum absolute atomic E-state index is 2.32. The largest absolute Gasteiger partial charge is 0.0696 e. The Morgan fingerprint density at radius 3 is 1.90 bits per heavy atom. The lowest BCUT2D eigenvalue weighted by Gasteiger charge is -2.12. The third-order valence-corrected chi connectivity index (χ3v) is 4.90. The standard InChI is InChI=1S/C21H20/c1-14-3-6-16(7-4-14)17-8-10-18(11-9-17)19-12-5-15(2)20-13-21(19)20/h3-12,20-21H,13H2,1-2H3. The van der Waals surface area contributed by atoms with E-state index in [1.54, 1.807) is 5.57 Å². The van der Waals surface area contributed by atoms with Crippen LogP contribution in [-0.4, -0.2) is 0 Å². The summed E-state index contributed by atoms with van der Waals surface area (Å²) in [5.41, 5.74) is 8.38. The van der Waals surface area contributed by atoms with Gasteiger partial charge in [0.05, 0.1) is 0 Å². The predicted octanol–water partition coefficient (Wildman–Crippen LogP) is 5.64. The van der Waals surface area contributed by atoms with Gasteiger partial charge >= 0.3 is 0 Å². The summed E-state index contributed by atoms with van der Waals surface area (Å²) in [5.74, 6) is 1.60. The van der Waals surface area contributed by atoms with Crippen molar-refractivity contribution in [1.29, 1.82) is 0 Å². The summed E-state index contributed by atoms with van der Waals surface area (Å²) in [4.78, 5) is 0. The van der Waals surface area contributed by atoms with E-state index in [-0.39, 0.29) is 0 Å². The molecule has 0 aromatic heterocycles. The van der Waals surface area contributed by atoms with Crippen LogP contribution in [0.5, 0.6) is 0 Å².